The number of nitrogens with zero attached hydrogens (tertiary/aromatic N) is 1. The molecule has 16 aromatic rings. The first-order valence-corrected chi connectivity index (χ1v) is 47.1. The van der Waals surface area contributed by atoms with E-state index in [9.17, 15) is 19.2 Å². The zero-order valence-corrected chi connectivity index (χ0v) is 89.6. The van der Waals surface area contributed by atoms with Gasteiger partial charge in [0.25, 0.3) is 0 Å². The fourth-order valence-corrected chi connectivity index (χ4v) is 15.0. The van der Waals surface area contributed by atoms with Gasteiger partial charge in [-0.1, -0.05) is 297 Å². The van der Waals surface area contributed by atoms with Crippen molar-refractivity contribution in [2.45, 2.75) is 118 Å². The average molecular weight is 2300 g/mol. The SMILES string of the molecule is C.C.CCSc1ccc(C(c2ccccc2)c2ccc(C(=O)c3ccc(C)cc3)[nH]2)[nH]1.CC[S-].CC[S-].CC[S-].CC[S-].CC[S-].Cc1ccc(C(=O)c2ccc(C(c3ccccc3)c3ccc(Br)[nH]3)[nH]2)cc1.Cc1ccc(C(=O)c2ccc(C(c3ccccc3)c3ccc(SC#N)[nH]3)[nH]2)cc1.Cc1ccc(C(=O)c2ccc(C(c3ccccc3)c3ccc[nH]3)[nH]2)cc1.[Br-].[Br-].[Br-].[Br-].[Br-]. The van der Waals surface area contributed by atoms with Crippen LogP contribution in [-0.2, 0) is 63.1 Å². The van der Waals surface area contributed by atoms with Crippen molar-refractivity contribution in [1.82, 2.24) is 39.9 Å². The number of aromatic nitrogens is 8. The van der Waals surface area contributed by atoms with E-state index in [1.54, 1.807) is 11.8 Å². The first-order chi connectivity index (χ1) is 61.2. The van der Waals surface area contributed by atoms with Gasteiger partial charge in [0.05, 0.1) is 61.1 Å². The Morgan fingerprint density at radius 1 is 0.301 bits per heavy atom. The molecule has 0 aliphatic carbocycles. The summed E-state index contributed by atoms with van der Waals surface area (Å²) in [5.74, 6) is 5.13. The standard InChI is InChI=1S/C25H24N2OS.C24H19N3OS.C23H19BrN2O.C23H20N2O.5C2H6S.2CH4.5BrH/c1-3-29-23-16-15-21(27-23)24(18-7-5-4-6-8-18)20-13-14-22(26-20)25(28)19-11-9-17(2)10-12-19;1-16-7-9-18(10-8-16)24(28)21-12-11-19(26-21)23(17-5-3-2-4-6-17)20-13-14-22(27-20)29-15-25;1-15-7-9-17(10-8-15)23(27)20-12-11-18(25-20)22(16-5-3-2-4-6-16)19-13-14-21(24)26-19;1-16-9-11-18(12-10-16)23(26)21-14-13-20(25-21)22(19-8-5-15-24-19)17-6-3-2-4-7-17;5*1-2-3;;;;;;;/h4-16,24,26-27H,3H2,1-2H3;2-14,23,26-27H,1H3;2-14,22,25-26H,1H3;2-15,22,24-25H,1H3;5*3H,2H2,1H3;2*1H4;5*1H/p-10. The number of thiocyanates is 1. The Morgan fingerprint density at radius 3 is 0.774 bits per heavy atom. The lowest BCUT2D eigenvalue weighted by Gasteiger charge is -2.15. The maximum absolute atomic E-state index is 12.9. The van der Waals surface area contributed by atoms with Crippen LogP contribution in [0.2, 0.25) is 0 Å². The molecule has 8 N–H and O–H groups in total. The largest absolute Gasteiger partial charge is 1.00 e. The Labute approximate surface area is 884 Å². The molecule has 4 unspecified atom stereocenters. The molecule has 0 fully saturated rings. The van der Waals surface area contributed by atoms with E-state index in [-0.39, 0.29) is 147 Å². The van der Waals surface area contributed by atoms with Crippen molar-refractivity contribution in [2.75, 3.05) is 34.5 Å². The smallest absolute Gasteiger partial charge is 0.209 e. The molecule has 4 atom stereocenters. The lowest BCUT2D eigenvalue weighted by atomic mass is 9.93. The zero-order valence-electron chi connectivity index (χ0n) is 74.4. The van der Waals surface area contributed by atoms with Crippen LogP contribution in [0.3, 0.4) is 0 Å². The van der Waals surface area contributed by atoms with E-state index in [2.05, 4.69) is 204 Å². The molecule has 0 saturated heterocycles. The van der Waals surface area contributed by atoms with Crippen molar-refractivity contribution in [3.05, 3.63) is 461 Å². The van der Waals surface area contributed by atoms with Crippen LogP contribution in [-0.4, -0.2) is 97.5 Å². The van der Waals surface area contributed by atoms with Gasteiger partial charge in [-0.15, -0.1) is 11.8 Å². The van der Waals surface area contributed by atoms with Crippen LogP contribution in [0, 0.1) is 38.4 Å². The van der Waals surface area contributed by atoms with Crippen molar-refractivity contribution < 1.29 is 104 Å². The second kappa shape index (κ2) is 66.9. The highest BCUT2D eigenvalue weighted by atomic mass is 79.9. The molecule has 0 amide bonds. The Hall–Kier alpha value is -8.50. The number of hydrogen-bond donors (Lipinski definition) is 8. The molecule has 133 heavy (non-hydrogen) atoms. The molecule has 8 heterocycles. The predicted octanol–water partition coefficient (Wildman–Crippen LogP) is 11.8. The summed E-state index contributed by atoms with van der Waals surface area (Å²) in [6.07, 6.45) is 1.92. The fraction of sp³-hybridized carbons (Fsp3) is 0.206. The lowest BCUT2D eigenvalue weighted by Crippen LogP contribution is -3.00. The third kappa shape index (κ3) is 37.8. The molecule has 26 heteroatoms. The summed E-state index contributed by atoms with van der Waals surface area (Å²) in [6, 6.07) is 103. The molecule has 8 aromatic carbocycles. The molecular formula is C107H115Br6N9O4S7-10. The summed E-state index contributed by atoms with van der Waals surface area (Å²) < 4.78 is 0.931. The van der Waals surface area contributed by atoms with E-state index in [1.165, 1.54) is 11.1 Å². The average Bonchev–Trinajstić information content (AvgIpc) is 1.68. The third-order valence-electron chi connectivity index (χ3n) is 19.2. The Morgan fingerprint density at radius 2 is 0.534 bits per heavy atom. The number of nitrogens with one attached hydrogen (secondary N) is 8. The van der Waals surface area contributed by atoms with E-state index in [0.717, 1.165) is 140 Å². The van der Waals surface area contributed by atoms with Crippen molar-refractivity contribution in [2.24, 2.45) is 0 Å². The van der Waals surface area contributed by atoms with Gasteiger partial charge >= 0.3 is 0 Å². The monoisotopic (exact) mass is 2290 g/mol. The molecular weight excluding hydrogens is 2180 g/mol. The first kappa shape index (κ1) is 123. The molecule has 13 nitrogen and oxygen atoms in total. The summed E-state index contributed by atoms with van der Waals surface area (Å²) in [5.41, 5.74) is 22.4. The quantitative estimate of drug-likeness (QED) is 0.0130. The van der Waals surface area contributed by atoms with Crippen LogP contribution in [0.25, 0.3) is 0 Å². The van der Waals surface area contributed by atoms with Gasteiger partial charge in [-0.05, 0) is 169 Å². The van der Waals surface area contributed by atoms with Crippen LogP contribution >= 0.6 is 39.5 Å². The maximum Gasteiger partial charge on any atom is 0.209 e. The van der Waals surface area contributed by atoms with E-state index >= 15 is 0 Å². The minimum Gasteiger partial charge on any atom is -1.00 e. The van der Waals surface area contributed by atoms with Crippen molar-refractivity contribution in [1.29, 1.82) is 5.26 Å². The Bertz CT molecular complexity index is 5890. The lowest BCUT2D eigenvalue weighted by molar-refractivity contribution is -0.00100. The number of nitriles is 1. The number of H-pyrrole nitrogens is 8. The second-order valence-electron chi connectivity index (χ2n) is 28.5. The molecule has 8 aromatic heterocycles. The van der Waals surface area contributed by atoms with Gasteiger partial charge in [0.2, 0.25) is 23.1 Å². The van der Waals surface area contributed by atoms with Crippen molar-refractivity contribution >= 4 is 126 Å². The molecule has 0 radical (unpaired) electrons. The predicted molar refractivity (Wildman–Crippen MR) is 553 cm³/mol. The van der Waals surface area contributed by atoms with Gasteiger partial charge in [-0.3, -0.25) is 19.2 Å². The fourth-order valence-electron chi connectivity index (χ4n) is 13.5. The summed E-state index contributed by atoms with van der Waals surface area (Å²) >= 11 is 28.3. The van der Waals surface area contributed by atoms with E-state index < -0.39 is 0 Å². The highest BCUT2D eigenvalue weighted by molar-refractivity contribution is 9.10. The maximum atomic E-state index is 12.9. The normalized spacial score (nSPS) is 10.7. The number of benzene rings is 8. The minimum absolute atomic E-state index is 0. The van der Waals surface area contributed by atoms with E-state index in [0.29, 0.717) is 45.0 Å². The first-order valence-electron chi connectivity index (χ1n) is 41.6. The number of carbonyl (C=O) groups is 4. The number of ketones is 4. The summed E-state index contributed by atoms with van der Waals surface area (Å²) in [5, 5.41) is 13.0. The molecule has 0 spiro atoms. The van der Waals surface area contributed by atoms with Gasteiger partial charge in [0, 0.05) is 85.8 Å². The summed E-state index contributed by atoms with van der Waals surface area (Å²) in [7, 11) is 0. The van der Waals surface area contributed by atoms with Crippen molar-refractivity contribution in [3.63, 3.8) is 0 Å². The summed E-state index contributed by atoms with van der Waals surface area (Å²) in [6.45, 7) is 19.9. The number of halogens is 6. The van der Waals surface area contributed by atoms with Crippen LogP contribution < -0.4 is 84.9 Å². The Kier molecular flexibility index (Phi) is 61.6. The van der Waals surface area contributed by atoms with Gasteiger partial charge in [-0.2, -0.15) is 34.0 Å². The summed E-state index contributed by atoms with van der Waals surface area (Å²) in [4.78, 5) is 78.3. The topological polar surface area (TPSA) is 218 Å². The van der Waals surface area contributed by atoms with Gasteiger partial charge < -0.3 is 188 Å². The molecule has 0 aliphatic rings. The van der Waals surface area contributed by atoms with Crippen LogP contribution in [0.5, 0.6) is 0 Å². The van der Waals surface area contributed by atoms with E-state index in [1.807, 2.05) is 311 Å². The van der Waals surface area contributed by atoms with Crippen molar-refractivity contribution in [3.8, 4) is 5.40 Å². The molecule has 0 aliphatic heterocycles. The van der Waals surface area contributed by atoms with E-state index in [4.69, 9.17) is 5.26 Å². The highest BCUT2D eigenvalue weighted by Gasteiger charge is 2.27. The van der Waals surface area contributed by atoms with Crippen LogP contribution in [0.15, 0.2) is 336 Å². The molecule has 0 saturated carbocycles. The third-order valence-corrected chi connectivity index (χ3v) is 21.1. The zero-order chi connectivity index (χ0) is 90.7. The van der Waals surface area contributed by atoms with Gasteiger partial charge in [-0.25, -0.2) is 0 Å². The molecule has 16 rings (SSSR count). The number of carbonyl (C=O) groups excluding carboxylic acids is 4. The second-order valence-corrected chi connectivity index (χ2v) is 34.4. The number of aromatic amines is 8. The number of thioether (sulfide) groups is 2. The Balaban J connectivity index is 0.000000829. The number of aryl methyl sites for hydroxylation is 4. The highest BCUT2D eigenvalue weighted by Crippen LogP contribution is 2.37. The molecule has 0 bridgehead atoms. The van der Waals surface area contributed by atoms with Crippen LogP contribution in [0.1, 0.15) is 234 Å². The van der Waals surface area contributed by atoms with Gasteiger partial charge in [0.15, 0.2) is 0 Å². The van der Waals surface area contributed by atoms with Crippen LogP contribution in [0.4, 0.5) is 0 Å². The van der Waals surface area contributed by atoms with Gasteiger partial charge in [0.1, 0.15) is 5.40 Å². The number of hydrogen-bond acceptors (Lipinski definition) is 12. The number of rotatable bonds is 23. The minimum atomic E-state index is -0.0937. The molecule has 706 valence electrons.